The van der Waals surface area contributed by atoms with E-state index in [-0.39, 0.29) is 11.9 Å². The number of hydrogen-bond donors (Lipinski definition) is 1. The zero-order valence-electron chi connectivity index (χ0n) is 16.4. The van der Waals surface area contributed by atoms with Crippen molar-refractivity contribution in [3.63, 3.8) is 0 Å². The van der Waals surface area contributed by atoms with E-state index in [1.54, 1.807) is 0 Å². The first kappa shape index (κ1) is 19.4. The van der Waals surface area contributed by atoms with Crippen LogP contribution in [0.2, 0.25) is 0 Å². The molecule has 3 aromatic rings. The van der Waals surface area contributed by atoms with Crippen molar-refractivity contribution in [1.82, 2.24) is 14.8 Å². The molecule has 1 aromatic heterocycles. The lowest BCUT2D eigenvalue weighted by molar-refractivity contribution is 0.0591. The van der Waals surface area contributed by atoms with Crippen molar-refractivity contribution < 1.29 is 9.21 Å². The van der Waals surface area contributed by atoms with Crippen molar-refractivity contribution in [3.05, 3.63) is 89.6 Å². The van der Waals surface area contributed by atoms with E-state index in [9.17, 15) is 4.79 Å². The Hall–Kier alpha value is -2.96. The van der Waals surface area contributed by atoms with Gasteiger partial charge in [-0.05, 0) is 11.1 Å². The number of rotatable bonds is 6. The summed E-state index contributed by atoms with van der Waals surface area (Å²) in [6, 6.07) is 21.3. The van der Waals surface area contributed by atoms with Gasteiger partial charge in [0.15, 0.2) is 11.6 Å². The van der Waals surface area contributed by atoms with E-state index in [1.165, 1.54) is 17.4 Å². The van der Waals surface area contributed by atoms with E-state index in [0.29, 0.717) is 37.6 Å². The van der Waals surface area contributed by atoms with Gasteiger partial charge >= 0.3 is 0 Å². The van der Waals surface area contributed by atoms with Crippen LogP contribution in [-0.4, -0.2) is 53.4 Å². The average molecular weight is 390 g/mol. The molecule has 2 N–H and O–H groups in total. The van der Waals surface area contributed by atoms with E-state index in [1.807, 2.05) is 17.0 Å². The Morgan fingerprint density at radius 2 is 1.55 bits per heavy atom. The third kappa shape index (κ3) is 4.39. The minimum absolute atomic E-state index is 0.0763. The maximum atomic E-state index is 12.8. The van der Waals surface area contributed by atoms with E-state index >= 15 is 0 Å². The second-order valence-corrected chi connectivity index (χ2v) is 7.22. The minimum Gasteiger partial charge on any atom is -0.448 e. The number of carbonyl (C=O) groups is 1. The van der Waals surface area contributed by atoms with Gasteiger partial charge in [0.1, 0.15) is 6.26 Å². The third-order valence-corrected chi connectivity index (χ3v) is 5.33. The van der Waals surface area contributed by atoms with Gasteiger partial charge in [-0.3, -0.25) is 9.69 Å². The first-order chi connectivity index (χ1) is 14.3. The monoisotopic (exact) mass is 390 g/mol. The van der Waals surface area contributed by atoms with Crippen LogP contribution in [0, 0.1) is 0 Å². The molecule has 1 aliphatic rings. The largest absolute Gasteiger partial charge is 0.448 e. The Balaban J connectivity index is 1.47. The molecule has 1 saturated heterocycles. The summed E-state index contributed by atoms with van der Waals surface area (Å²) in [6.07, 6.45) is 1.98. The van der Waals surface area contributed by atoms with Crippen LogP contribution in [0.25, 0.3) is 0 Å². The normalized spacial score (nSPS) is 15.0. The first-order valence-electron chi connectivity index (χ1n) is 10.0. The number of amides is 1. The van der Waals surface area contributed by atoms with Crippen molar-refractivity contribution in [2.24, 2.45) is 5.73 Å². The zero-order chi connectivity index (χ0) is 20.1. The molecule has 1 fully saturated rings. The molecule has 1 amide bonds. The molecule has 29 heavy (non-hydrogen) atoms. The molecule has 6 nitrogen and oxygen atoms in total. The fourth-order valence-electron chi connectivity index (χ4n) is 3.88. The van der Waals surface area contributed by atoms with Crippen LogP contribution in [0.3, 0.4) is 0 Å². The zero-order valence-corrected chi connectivity index (χ0v) is 16.4. The van der Waals surface area contributed by atoms with Crippen molar-refractivity contribution in [2.75, 3.05) is 32.7 Å². The average Bonchev–Trinajstić information content (AvgIpc) is 3.24. The highest BCUT2D eigenvalue weighted by molar-refractivity contribution is 5.92. The quantitative estimate of drug-likeness (QED) is 0.700. The summed E-state index contributed by atoms with van der Waals surface area (Å²) in [6.45, 7) is 3.37. The van der Waals surface area contributed by atoms with E-state index in [0.717, 1.165) is 13.1 Å². The second-order valence-electron chi connectivity index (χ2n) is 7.22. The maximum absolute atomic E-state index is 12.8. The number of carbonyl (C=O) groups excluding carboxylic acids is 1. The van der Waals surface area contributed by atoms with Crippen LogP contribution >= 0.6 is 0 Å². The molecule has 6 heteroatoms. The Morgan fingerprint density at radius 3 is 2.10 bits per heavy atom. The van der Waals surface area contributed by atoms with Crippen molar-refractivity contribution >= 4 is 5.91 Å². The SMILES string of the molecule is NCCc1nc(C(=O)N2CCN(C(c3ccccc3)c3ccccc3)CC2)co1. The lowest BCUT2D eigenvalue weighted by Crippen LogP contribution is -2.50. The topological polar surface area (TPSA) is 75.6 Å². The Kier molecular flexibility index (Phi) is 6.03. The summed E-state index contributed by atoms with van der Waals surface area (Å²) < 4.78 is 5.34. The van der Waals surface area contributed by atoms with Gasteiger partial charge in [0, 0.05) is 39.1 Å². The maximum Gasteiger partial charge on any atom is 0.275 e. The number of oxazole rings is 1. The third-order valence-electron chi connectivity index (χ3n) is 5.33. The standard InChI is InChI=1S/C23H26N4O2/c24-12-11-21-25-20(17-29-21)23(28)27-15-13-26(14-16-27)22(18-7-3-1-4-8-18)19-9-5-2-6-10-19/h1-10,17,22H,11-16,24H2. The number of hydrogen-bond acceptors (Lipinski definition) is 5. The Labute approximate surface area is 170 Å². The summed E-state index contributed by atoms with van der Waals surface area (Å²) in [5, 5.41) is 0. The fourth-order valence-corrected chi connectivity index (χ4v) is 3.88. The lowest BCUT2D eigenvalue weighted by atomic mass is 9.96. The second kappa shape index (κ2) is 9.03. The molecule has 1 aliphatic heterocycles. The van der Waals surface area contributed by atoms with Crippen LogP contribution in [0.1, 0.15) is 33.5 Å². The molecule has 0 bridgehead atoms. The number of piperazine rings is 1. The van der Waals surface area contributed by atoms with E-state index < -0.39 is 0 Å². The molecule has 0 spiro atoms. The predicted octanol–water partition coefficient (Wildman–Crippen LogP) is 2.72. The van der Waals surface area contributed by atoms with Gasteiger partial charge in [-0.2, -0.15) is 0 Å². The summed E-state index contributed by atoms with van der Waals surface area (Å²) in [5.41, 5.74) is 8.42. The molecule has 0 saturated carbocycles. The molecular formula is C23H26N4O2. The summed E-state index contributed by atoms with van der Waals surface area (Å²) in [4.78, 5) is 21.4. The number of nitrogens with zero attached hydrogens (tertiary/aromatic N) is 3. The van der Waals surface area contributed by atoms with Gasteiger partial charge in [-0.1, -0.05) is 60.7 Å². The van der Waals surface area contributed by atoms with Crippen molar-refractivity contribution in [1.29, 1.82) is 0 Å². The molecule has 0 aliphatic carbocycles. The van der Waals surface area contributed by atoms with Gasteiger partial charge < -0.3 is 15.1 Å². The van der Waals surface area contributed by atoms with Crippen LogP contribution in [0.5, 0.6) is 0 Å². The molecule has 150 valence electrons. The van der Waals surface area contributed by atoms with Gasteiger partial charge in [-0.25, -0.2) is 4.98 Å². The summed E-state index contributed by atoms with van der Waals surface area (Å²) in [5.74, 6) is 0.440. The first-order valence-corrected chi connectivity index (χ1v) is 10.0. The smallest absolute Gasteiger partial charge is 0.275 e. The predicted molar refractivity (Wildman–Crippen MR) is 111 cm³/mol. The highest BCUT2D eigenvalue weighted by atomic mass is 16.3. The number of benzene rings is 2. The molecule has 4 rings (SSSR count). The fraction of sp³-hybridized carbons (Fsp3) is 0.304. The van der Waals surface area contributed by atoms with Gasteiger partial charge in [0.25, 0.3) is 5.91 Å². The molecule has 2 heterocycles. The number of nitrogens with two attached hydrogens (primary N) is 1. The number of aromatic nitrogens is 1. The molecule has 2 aromatic carbocycles. The molecular weight excluding hydrogens is 364 g/mol. The summed E-state index contributed by atoms with van der Waals surface area (Å²) >= 11 is 0. The summed E-state index contributed by atoms with van der Waals surface area (Å²) in [7, 11) is 0. The Morgan fingerprint density at radius 1 is 0.966 bits per heavy atom. The molecule has 0 radical (unpaired) electrons. The Bertz CT molecular complexity index is 879. The van der Waals surface area contributed by atoms with Crippen LogP contribution in [0.15, 0.2) is 71.3 Å². The minimum atomic E-state index is -0.0763. The van der Waals surface area contributed by atoms with E-state index in [4.69, 9.17) is 10.2 Å². The highest BCUT2D eigenvalue weighted by Crippen LogP contribution is 2.29. The van der Waals surface area contributed by atoms with Crippen LogP contribution < -0.4 is 5.73 Å². The highest BCUT2D eigenvalue weighted by Gasteiger charge is 2.29. The van der Waals surface area contributed by atoms with E-state index in [2.05, 4.69) is 58.4 Å². The van der Waals surface area contributed by atoms with Crippen molar-refractivity contribution in [3.8, 4) is 0 Å². The van der Waals surface area contributed by atoms with Gasteiger partial charge in [-0.15, -0.1) is 0 Å². The lowest BCUT2D eigenvalue weighted by Gasteiger charge is -2.39. The van der Waals surface area contributed by atoms with Gasteiger partial charge in [0.05, 0.1) is 6.04 Å². The van der Waals surface area contributed by atoms with Crippen LogP contribution in [0.4, 0.5) is 0 Å². The molecule has 0 atom stereocenters. The van der Waals surface area contributed by atoms with Gasteiger partial charge in [0.2, 0.25) is 0 Å². The van der Waals surface area contributed by atoms with Crippen molar-refractivity contribution in [2.45, 2.75) is 12.5 Å². The van der Waals surface area contributed by atoms with Crippen LogP contribution in [-0.2, 0) is 6.42 Å². The molecule has 0 unspecified atom stereocenters.